The number of fused-ring (bicyclic) bond motifs is 1. The first-order valence-electron chi connectivity index (χ1n) is 8.91. The van der Waals surface area contributed by atoms with Crippen LogP contribution in [0.15, 0.2) is 60.9 Å². The molecule has 0 aliphatic carbocycles. The van der Waals surface area contributed by atoms with E-state index < -0.39 is 0 Å². The van der Waals surface area contributed by atoms with Crippen molar-refractivity contribution in [2.75, 3.05) is 11.4 Å². The van der Waals surface area contributed by atoms with E-state index in [1.54, 1.807) is 18.2 Å². The highest BCUT2D eigenvalue weighted by Crippen LogP contribution is 2.32. The molecular weight excluding hydrogens is 360 g/mol. The van der Waals surface area contributed by atoms with Gasteiger partial charge in [-0.05, 0) is 42.2 Å². The third kappa shape index (κ3) is 3.93. The highest BCUT2D eigenvalue weighted by Gasteiger charge is 2.20. The predicted molar refractivity (Wildman–Crippen MR) is 106 cm³/mol. The summed E-state index contributed by atoms with van der Waals surface area (Å²) in [6.45, 7) is 1.29. The summed E-state index contributed by atoms with van der Waals surface area (Å²) >= 11 is 5.89. The first kappa shape index (κ1) is 17.5. The number of carbonyl (C=O) groups excluding carboxylic acids is 1. The summed E-state index contributed by atoms with van der Waals surface area (Å²) in [6.07, 6.45) is 3.56. The number of hydrogen-bond donors (Lipinski definition) is 1. The molecular formula is C21H19ClN4O. The Balaban J connectivity index is 1.51. The van der Waals surface area contributed by atoms with Crippen molar-refractivity contribution in [2.45, 2.75) is 19.4 Å². The van der Waals surface area contributed by atoms with Gasteiger partial charge in [0.25, 0.3) is 5.91 Å². The summed E-state index contributed by atoms with van der Waals surface area (Å²) < 4.78 is 0. The molecule has 1 N–H and O–H groups in total. The van der Waals surface area contributed by atoms with Crippen molar-refractivity contribution in [1.82, 2.24) is 15.3 Å². The molecule has 0 radical (unpaired) electrons. The van der Waals surface area contributed by atoms with Crippen molar-refractivity contribution < 1.29 is 4.79 Å². The summed E-state index contributed by atoms with van der Waals surface area (Å²) in [5, 5.41) is 3.57. The quantitative estimate of drug-likeness (QED) is 0.741. The summed E-state index contributed by atoms with van der Waals surface area (Å²) in [7, 11) is 0. The zero-order valence-electron chi connectivity index (χ0n) is 14.7. The molecule has 6 heteroatoms. The van der Waals surface area contributed by atoms with Gasteiger partial charge in [-0.15, -0.1) is 0 Å². The fourth-order valence-corrected chi connectivity index (χ4v) is 3.39. The molecule has 4 rings (SSSR count). The van der Waals surface area contributed by atoms with Gasteiger partial charge in [0, 0.05) is 29.9 Å². The van der Waals surface area contributed by atoms with Crippen LogP contribution in [0.5, 0.6) is 0 Å². The Bertz CT molecular complexity index is 958. The van der Waals surface area contributed by atoms with E-state index in [2.05, 4.69) is 38.4 Å². The second kappa shape index (κ2) is 7.76. The molecule has 2 heterocycles. The lowest BCUT2D eigenvalue weighted by molar-refractivity contribution is 0.0946. The lowest BCUT2D eigenvalue weighted by atomic mass is 10.0. The molecule has 136 valence electrons. The van der Waals surface area contributed by atoms with Gasteiger partial charge < -0.3 is 10.2 Å². The standard InChI is InChI=1S/C21H19ClN4O/c22-17-9-7-15(8-10-17)13-23-21(27)18-12-20(25-14-24-18)26-11-3-5-16-4-1-2-6-19(16)26/h1-2,4,6-10,12,14H,3,5,11,13H2,(H,23,27). The summed E-state index contributed by atoms with van der Waals surface area (Å²) in [6, 6.07) is 17.4. The molecule has 2 aromatic carbocycles. The van der Waals surface area contributed by atoms with E-state index in [-0.39, 0.29) is 5.91 Å². The Morgan fingerprint density at radius 1 is 1.11 bits per heavy atom. The van der Waals surface area contributed by atoms with Gasteiger partial charge in [-0.1, -0.05) is 41.9 Å². The number of rotatable bonds is 4. The highest BCUT2D eigenvalue weighted by molar-refractivity contribution is 6.30. The van der Waals surface area contributed by atoms with Gasteiger partial charge in [-0.25, -0.2) is 9.97 Å². The summed E-state index contributed by atoms with van der Waals surface area (Å²) in [4.78, 5) is 23.2. The van der Waals surface area contributed by atoms with E-state index >= 15 is 0 Å². The number of hydrogen-bond acceptors (Lipinski definition) is 4. The van der Waals surface area contributed by atoms with Crippen LogP contribution in [0, 0.1) is 0 Å². The Kier molecular flexibility index (Phi) is 5.03. The van der Waals surface area contributed by atoms with E-state index in [9.17, 15) is 4.79 Å². The molecule has 1 aromatic heterocycles. The van der Waals surface area contributed by atoms with Gasteiger partial charge in [0.15, 0.2) is 0 Å². The Labute approximate surface area is 163 Å². The van der Waals surface area contributed by atoms with Crippen molar-refractivity contribution in [3.63, 3.8) is 0 Å². The van der Waals surface area contributed by atoms with Crippen LogP contribution in [0.25, 0.3) is 0 Å². The van der Waals surface area contributed by atoms with Crippen LogP contribution < -0.4 is 10.2 Å². The Morgan fingerprint density at radius 3 is 2.78 bits per heavy atom. The van der Waals surface area contributed by atoms with Crippen molar-refractivity contribution in [3.8, 4) is 0 Å². The van der Waals surface area contributed by atoms with E-state index in [1.165, 1.54) is 11.9 Å². The molecule has 1 amide bonds. The third-order valence-corrected chi connectivity index (χ3v) is 4.89. The van der Waals surface area contributed by atoms with Gasteiger partial charge in [0.2, 0.25) is 0 Å². The normalized spacial score (nSPS) is 13.1. The highest BCUT2D eigenvalue weighted by atomic mass is 35.5. The van der Waals surface area contributed by atoms with Gasteiger partial charge in [0.1, 0.15) is 17.8 Å². The number of benzene rings is 2. The largest absolute Gasteiger partial charge is 0.347 e. The summed E-state index contributed by atoms with van der Waals surface area (Å²) in [5.74, 6) is 0.521. The molecule has 0 unspecified atom stereocenters. The number of aryl methyl sites for hydroxylation is 1. The zero-order chi connectivity index (χ0) is 18.6. The smallest absolute Gasteiger partial charge is 0.270 e. The van der Waals surface area contributed by atoms with Crippen molar-refractivity contribution in [2.24, 2.45) is 0 Å². The van der Waals surface area contributed by atoms with Crippen LogP contribution in [0.2, 0.25) is 5.02 Å². The molecule has 0 fully saturated rings. The van der Waals surface area contributed by atoms with E-state index in [4.69, 9.17) is 11.6 Å². The number of carbonyl (C=O) groups is 1. The first-order valence-corrected chi connectivity index (χ1v) is 9.28. The maximum Gasteiger partial charge on any atom is 0.270 e. The maximum absolute atomic E-state index is 12.5. The molecule has 0 bridgehead atoms. The number of para-hydroxylation sites is 1. The van der Waals surface area contributed by atoms with Crippen LogP contribution in [-0.4, -0.2) is 22.4 Å². The lowest BCUT2D eigenvalue weighted by Crippen LogP contribution is -2.27. The molecule has 5 nitrogen and oxygen atoms in total. The minimum Gasteiger partial charge on any atom is -0.347 e. The molecule has 27 heavy (non-hydrogen) atoms. The third-order valence-electron chi connectivity index (χ3n) is 4.64. The van der Waals surface area contributed by atoms with Crippen LogP contribution in [0.4, 0.5) is 11.5 Å². The number of nitrogens with zero attached hydrogens (tertiary/aromatic N) is 3. The van der Waals surface area contributed by atoms with Gasteiger partial charge in [-0.3, -0.25) is 4.79 Å². The van der Waals surface area contributed by atoms with Crippen LogP contribution in [-0.2, 0) is 13.0 Å². The van der Waals surface area contributed by atoms with E-state index in [0.29, 0.717) is 17.3 Å². The number of amides is 1. The average Bonchev–Trinajstić information content (AvgIpc) is 2.73. The Hall–Kier alpha value is -2.92. The molecule has 0 atom stereocenters. The second-order valence-electron chi connectivity index (χ2n) is 6.45. The van der Waals surface area contributed by atoms with Gasteiger partial charge in [0.05, 0.1) is 0 Å². The van der Waals surface area contributed by atoms with E-state index in [0.717, 1.165) is 36.5 Å². The predicted octanol–water partition coefficient (Wildman–Crippen LogP) is 4.14. The fourth-order valence-electron chi connectivity index (χ4n) is 3.27. The molecule has 1 aliphatic heterocycles. The number of anilines is 2. The molecule has 0 saturated heterocycles. The maximum atomic E-state index is 12.5. The van der Waals surface area contributed by atoms with Crippen molar-refractivity contribution >= 4 is 29.0 Å². The van der Waals surface area contributed by atoms with E-state index in [1.807, 2.05) is 18.2 Å². The van der Waals surface area contributed by atoms with Crippen molar-refractivity contribution in [1.29, 1.82) is 0 Å². The van der Waals surface area contributed by atoms with Crippen LogP contribution >= 0.6 is 11.6 Å². The molecule has 1 aliphatic rings. The molecule has 0 spiro atoms. The fraction of sp³-hybridized carbons (Fsp3) is 0.190. The summed E-state index contributed by atoms with van der Waals surface area (Å²) in [5.41, 5.74) is 3.79. The number of nitrogens with one attached hydrogen (secondary N) is 1. The number of aromatic nitrogens is 2. The monoisotopic (exact) mass is 378 g/mol. The lowest BCUT2D eigenvalue weighted by Gasteiger charge is -2.30. The minimum absolute atomic E-state index is 0.223. The second-order valence-corrected chi connectivity index (χ2v) is 6.89. The molecule has 0 saturated carbocycles. The van der Waals surface area contributed by atoms with Crippen LogP contribution in [0.1, 0.15) is 28.0 Å². The average molecular weight is 379 g/mol. The van der Waals surface area contributed by atoms with Gasteiger partial charge >= 0.3 is 0 Å². The van der Waals surface area contributed by atoms with Crippen LogP contribution in [0.3, 0.4) is 0 Å². The SMILES string of the molecule is O=C(NCc1ccc(Cl)cc1)c1cc(N2CCCc3ccccc32)ncn1. The zero-order valence-corrected chi connectivity index (χ0v) is 15.5. The number of halogens is 1. The van der Waals surface area contributed by atoms with Gasteiger partial charge in [-0.2, -0.15) is 0 Å². The first-order chi connectivity index (χ1) is 13.2. The topological polar surface area (TPSA) is 58.1 Å². The Morgan fingerprint density at radius 2 is 1.93 bits per heavy atom. The minimum atomic E-state index is -0.223. The molecule has 3 aromatic rings. The van der Waals surface area contributed by atoms with Crippen molar-refractivity contribution in [3.05, 3.63) is 82.8 Å².